The van der Waals surface area contributed by atoms with E-state index in [1.165, 1.54) is 0 Å². The number of hydrogen-bond donors (Lipinski definition) is 1. The number of carbonyl (C=O) groups is 1. The summed E-state index contributed by atoms with van der Waals surface area (Å²) in [6, 6.07) is 3.59. The maximum atomic E-state index is 12.1. The van der Waals surface area contributed by atoms with E-state index in [0.29, 0.717) is 24.7 Å². The number of carbonyl (C=O) groups excluding carboxylic acids is 1. The van der Waals surface area contributed by atoms with Crippen LogP contribution < -0.4 is 5.32 Å². The van der Waals surface area contributed by atoms with Crippen LogP contribution in [0.4, 0.5) is 0 Å². The molecule has 20 heavy (non-hydrogen) atoms. The van der Waals surface area contributed by atoms with Crippen LogP contribution in [0, 0.1) is 5.92 Å². The standard InChI is InChI=1S/C15H21N3O2/c1-11(2)9-20-10-12(3)17-15(19)13-4-5-14-16-6-7-18(14)8-13/h4-8,11-12H,9-10H2,1-3H3,(H,17,19)/t12-/m0/s1. The Morgan fingerprint density at radius 1 is 1.35 bits per heavy atom. The lowest BCUT2D eigenvalue weighted by atomic mass is 10.2. The first-order chi connectivity index (χ1) is 9.56. The van der Waals surface area contributed by atoms with Crippen molar-refractivity contribution >= 4 is 11.6 Å². The fourth-order valence-electron chi connectivity index (χ4n) is 1.88. The zero-order chi connectivity index (χ0) is 14.5. The van der Waals surface area contributed by atoms with Gasteiger partial charge in [-0.1, -0.05) is 13.8 Å². The minimum Gasteiger partial charge on any atom is -0.379 e. The highest BCUT2D eigenvalue weighted by Crippen LogP contribution is 2.05. The highest BCUT2D eigenvalue weighted by molar-refractivity contribution is 5.94. The van der Waals surface area contributed by atoms with E-state index in [2.05, 4.69) is 24.1 Å². The Kier molecular flexibility index (Phi) is 4.74. The molecule has 0 unspecified atom stereocenters. The summed E-state index contributed by atoms with van der Waals surface area (Å²) in [7, 11) is 0. The van der Waals surface area contributed by atoms with Gasteiger partial charge in [0.1, 0.15) is 5.65 Å². The number of rotatable bonds is 6. The van der Waals surface area contributed by atoms with Crippen LogP contribution in [0.25, 0.3) is 5.65 Å². The molecule has 2 rings (SSSR count). The summed E-state index contributed by atoms with van der Waals surface area (Å²) < 4.78 is 7.35. The van der Waals surface area contributed by atoms with Crippen LogP contribution in [0.5, 0.6) is 0 Å². The molecule has 0 fully saturated rings. The van der Waals surface area contributed by atoms with Crippen molar-refractivity contribution in [1.29, 1.82) is 0 Å². The number of aromatic nitrogens is 2. The van der Waals surface area contributed by atoms with E-state index in [0.717, 1.165) is 5.65 Å². The summed E-state index contributed by atoms with van der Waals surface area (Å²) in [4.78, 5) is 16.3. The summed E-state index contributed by atoms with van der Waals surface area (Å²) in [6.07, 6.45) is 5.31. The molecule has 0 bridgehead atoms. The van der Waals surface area contributed by atoms with Gasteiger partial charge in [-0.2, -0.15) is 0 Å². The quantitative estimate of drug-likeness (QED) is 0.878. The van der Waals surface area contributed by atoms with E-state index in [1.807, 2.05) is 23.6 Å². The van der Waals surface area contributed by atoms with Gasteiger partial charge in [0.05, 0.1) is 12.2 Å². The van der Waals surface area contributed by atoms with Gasteiger partial charge in [0, 0.05) is 31.2 Å². The topological polar surface area (TPSA) is 55.6 Å². The molecule has 2 heterocycles. The van der Waals surface area contributed by atoms with Gasteiger partial charge in [-0.05, 0) is 25.0 Å². The van der Waals surface area contributed by atoms with Crippen molar-refractivity contribution in [3.63, 3.8) is 0 Å². The van der Waals surface area contributed by atoms with Crippen LogP contribution >= 0.6 is 0 Å². The summed E-state index contributed by atoms with van der Waals surface area (Å²) in [6.45, 7) is 7.37. The van der Waals surface area contributed by atoms with Crippen molar-refractivity contribution in [1.82, 2.24) is 14.7 Å². The number of imidazole rings is 1. The largest absolute Gasteiger partial charge is 0.379 e. The minimum atomic E-state index is -0.0961. The molecular formula is C15H21N3O2. The van der Waals surface area contributed by atoms with Gasteiger partial charge >= 0.3 is 0 Å². The van der Waals surface area contributed by atoms with E-state index < -0.39 is 0 Å². The molecule has 108 valence electrons. The van der Waals surface area contributed by atoms with Crippen LogP contribution in [0.3, 0.4) is 0 Å². The Bertz CT molecular complexity index is 577. The minimum absolute atomic E-state index is 0.0141. The molecule has 5 heteroatoms. The Hall–Kier alpha value is -1.88. The fourth-order valence-corrected chi connectivity index (χ4v) is 1.88. The molecule has 0 radical (unpaired) electrons. The second-order valence-electron chi connectivity index (χ2n) is 5.42. The third kappa shape index (κ3) is 3.81. The van der Waals surface area contributed by atoms with Crippen molar-refractivity contribution in [3.05, 3.63) is 36.3 Å². The number of pyridine rings is 1. The average Bonchev–Trinajstić information content (AvgIpc) is 2.85. The van der Waals surface area contributed by atoms with E-state index in [1.54, 1.807) is 18.5 Å². The Balaban J connectivity index is 1.90. The van der Waals surface area contributed by atoms with Gasteiger partial charge < -0.3 is 14.5 Å². The maximum Gasteiger partial charge on any atom is 0.253 e. The molecule has 0 aliphatic carbocycles. The number of nitrogens with one attached hydrogen (secondary N) is 1. The number of fused-ring (bicyclic) bond motifs is 1. The zero-order valence-corrected chi connectivity index (χ0v) is 12.2. The summed E-state index contributed by atoms with van der Waals surface area (Å²) in [5, 5.41) is 2.93. The molecule has 0 saturated carbocycles. The van der Waals surface area contributed by atoms with E-state index in [9.17, 15) is 4.79 Å². The third-order valence-corrected chi connectivity index (χ3v) is 2.85. The number of hydrogen-bond acceptors (Lipinski definition) is 3. The third-order valence-electron chi connectivity index (χ3n) is 2.85. The van der Waals surface area contributed by atoms with Gasteiger partial charge in [-0.3, -0.25) is 4.79 Å². The van der Waals surface area contributed by atoms with Crippen LogP contribution in [0.1, 0.15) is 31.1 Å². The van der Waals surface area contributed by atoms with Crippen molar-refractivity contribution in [2.24, 2.45) is 5.92 Å². The smallest absolute Gasteiger partial charge is 0.253 e. The van der Waals surface area contributed by atoms with Gasteiger partial charge in [0.25, 0.3) is 5.91 Å². The molecule has 0 saturated heterocycles. The summed E-state index contributed by atoms with van der Waals surface area (Å²) in [5.41, 5.74) is 1.45. The van der Waals surface area contributed by atoms with Crippen LogP contribution in [0.2, 0.25) is 0 Å². The van der Waals surface area contributed by atoms with Gasteiger partial charge in [-0.15, -0.1) is 0 Å². The normalized spacial score (nSPS) is 12.8. The first-order valence-corrected chi connectivity index (χ1v) is 6.87. The van der Waals surface area contributed by atoms with Crippen molar-refractivity contribution < 1.29 is 9.53 Å². The molecule has 2 aromatic heterocycles. The number of amides is 1. The lowest BCUT2D eigenvalue weighted by Gasteiger charge is -2.15. The van der Waals surface area contributed by atoms with Gasteiger partial charge in [0.15, 0.2) is 0 Å². The molecule has 1 atom stereocenters. The molecule has 1 amide bonds. The van der Waals surface area contributed by atoms with E-state index >= 15 is 0 Å². The van der Waals surface area contributed by atoms with E-state index in [-0.39, 0.29) is 11.9 Å². The second kappa shape index (κ2) is 6.52. The molecule has 0 spiro atoms. The molecule has 2 aromatic rings. The average molecular weight is 275 g/mol. The lowest BCUT2D eigenvalue weighted by Crippen LogP contribution is -2.36. The highest BCUT2D eigenvalue weighted by Gasteiger charge is 2.11. The Labute approximate surface area is 119 Å². The van der Waals surface area contributed by atoms with Gasteiger partial charge in [0.2, 0.25) is 0 Å². The zero-order valence-electron chi connectivity index (χ0n) is 12.2. The molecule has 0 aromatic carbocycles. The monoisotopic (exact) mass is 275 g/mol. The molecular weight excluding hydrogens is 254 g/mol. The second-order valence-corrected chi connectivity index (χ2v) is 5.42. The number of ether oxygens (including phenoxy) is 1. The first kappa shape index (κ1) is 14.5. The number of nitrogens with zero attached hydrogens (tertiary/aromatic N) is 2. The predicted octanol–water partition coefficient (Wildman–Crippen LogP) is 2.13. The van der Waals surface area contributed by atoms with Gasteiger partial charge in [-0.25, -0.2) is 4.98 Å². The molecule has 1 N–H and O–H groups in total. The SMILES string of the molecule is CC(C)COC[C@H](C)NC(=O)c1ccc2nccn2c1. The van der Waals surface area contributed by atoms with Crippen molar-refractivity contribution in [3.8, 4) is 0 Å². The lowest BCUT2D eigenvalue weighted by molar-refractivity contribution is 0.0791. The summed E-state index contributed by atoms with van der Waals surface area (Å²) >= 11 is 0. The molecule has 0 aliphatic heterocycles. The Morgan fingerprint density at radius 3 is 2.90 bits per heavy atom. The van der Waals surface area contributed by atoms with Crippen molar-refractivity contribution in [2.75, 3.05) is 13.2 Å². The van der Waals surface area contributed by atoms with Crippen LogP contribution in [-0.2, 0) is 4.74 Å². The Morgan fingerprint density at radius 2 is 2.15 bits per heavy atom. The van der Waals surface area contributed by atoms with Crippen LogP contribution in [-0.4, -0.2) is 34.5 Å². The predicted molar refractivity (Wildman–Crippen MR) is 77.8 cm³/mol. The van der Waals surface area contributed by atoms with Crippen LogP contribution in [0.15, 0.2) is 30.7 Å². The molecule has 5 nitrogen and oxygen atoms in total. The van der Waals surface area contributed by atoms with E-state index in [4.69, 9.17) is 4.74 Å². The molecule has 0 aliphatic rings. The van der Waals surface area contributed by atoms with Crippen molar-refractivity contribution in [2.45, 2.75) is 26.8 Å². The fraction of sp³-hybridized carbons (Fsp3) is 0.467. The maximum absolute atomic E-state index is 12.1. The first-order valence-electron chi connectivity index (χ1n) is 6.87. The highest BCUT2D eigenvalue weighted by atomic mass is 16.5. The summed E-state index contributed by atoms with van der Waals surface area (Å²) in [5.74, 6) is 0.405.